The number of hydrogen-bond acceptors (Lipinski definition) is 4. The Hall–Kier alpha value is -1.46. The lowest BCUT2D eigenvalue weighted by Gasteiger charge is -2.25. The van der Waals surface area contributed by atoms with Gasteiger partial charge in [-0.25, -0.2) is 0 Å². The first-order valence-corrected chi connectivity index (χ1v) is 7.19. The minimum Gasteiger partial charge on any atom is -0.493 e. The molecule has 0 atom stereocenters. The smallest absolute Gasteiger partial charge is 0.255 e. The number of rotatable bonds is 8. The van der Waals surface area contributed by atoms with Crippen LogP contribution in [-0.4, -0.2) is 25.2 Å². The van der Waals surface area contributed by atoms with Crippen molar-refractivity contribution in [1.82, 2.24) is 5.32 Å². The topological polar surface area (TPSA) is 73.6 Å². The second kappa shape index (κ2) is 7.52. The van der Waals surface area contributed by atoms with Crippen LogP contribution in [0, 0.1) is 0 Å². The summed E-state index contributed by atoms with van der Waals surface area (Å²) in [7, 11) is 1.52. The van der Waals surface area contributed by atoms with Crippen LogP contribution >= 0.6 is 11.6 Å². The van der Waals surface area contributed by atoms with E-state index in [1.54, 1.807) is 6.07 Å². The third kappa shape index (κ3) is 5.44. The van der Waals surface area contributed by atoms with Gasteiger partial charge in [0.15, 0.2) is 18.1 Å². The Morgan fingerprint density at radius 2 is 2.10 bits per heavy atom. The average molecular weight is 315 g/mol. The maximum atomic E-state index is 10.8. The Bertz CT molecular complexity index is 504. The lowest BCUT2D eigenvalue weighted by molar-refractivity contribution is -0.119. The number of methoxy groups -OCH3 is 1. The fourth-order valence-corrected chi connectivity index (χ4v) is 1.91. The summed E-state index contributed by atoms with van der Waals surface area (Å²) in [6, 6.07) is 3.63. The molecule has 5 nitrogen and oxygen atoms in total. The molecule has 0 saturated heterocycles. The molecule has 6 heteroatoms. The third-order valence-electron chi connectivity index (χ3n) is 3.30. The first-order valence-electron chi connectivity index (χ1n) is 6.81. The van der Waals surface area contributed by atoms with E-state index in [1.807, 2.05) is 6.07 Å². The van der Waals surface area contributed by atoms with Crippen molar-refractivity contribution in [3.8, 4) is 11.5 Å². The summed E-state index contributed by atoms with van der Waals surface area (Å²) in [6.45, 7) is 6.82. The Kier molecular flexibility index (Phi) is 6.30. The Labute approximate surface area is 130 Å². The van der Waals surface area contributed by atoms with E-state index >= 15 is 0 Å². The van der Waals surface area contributed by atoms with E-state index in [4.69, 9.17) is 26.8 Å². The summed E-state index contributed by atoms with van der Waals surface area (Å²) in [5, 5.41) is 3.83. The van der Waals surface area contributed by atoms with Gasteiger partial charge in [0.25, 0.3) is 5.91 Å². The summed E-state index contributed by atoms with van der Waals surface area (Å²) in [5.74, 6) is 0.245. The van der Waals surface area contributed by atoms with Crippen molar-refractivity contribution < 1.29 is 14.3 Å². The fraction of sp³-hybridized carbons (Fsp3) is 0.533. The van der Waals surface area contributed by atoms with E-state index < -0.39 is 5.91 Å². The molecule has 0 spiro atoms. The maximum Gasteiger partial charge on any atom is 0.255 e. The molecule has 1 amide bonds. The van der Waals surface area contributed by atoms with Gasteiger partial charge in [-0.3, -0.25) is 4.79 Å². The van der Waals surface area contributed by atoms with Gasteiger partial charge in [-0.1, -0.05) is 18.5 Å². The second-order valence-corrected chi connectivity index (χ2v) is 5.86. The summed E-state index contributed by atoms with van der Waals surface area (Å²) in [6.07, 6.45) is 1.01. The predicted octanol–water partition coefficient (Wildman–Crippen LogP) is 2.49. The van der Waals surface area contributed by atoms with Crippen molar-refractivity contribution >= 4 is 17.5 Å². The van der Waals surface area contributed by atoms with Crippen molar-refractivity contribution in [3.05, 3.63) is 22.7 Å². The van der Waals surface area contributed by atoms with Crippen molar-refractivity contribution in [1.29, 1.82) is 0 Å². The maximum absolute atomic E-state index is 10.8. The van der Waals surface area contributed by atoms with Gasteiger partial charge < -0.3 is 20.5 Å². The van der Waals surface area contributed by atoms with Crippen molar-refractivity contribution in [2.45, 2.75) is 39.3 Å². The van der Waals surface area contributed by atoms with Crippen LogP contribution in [0.3, 0.4) is 0 Å². The van der Waals surface area contributed by atoms with E-state index in [2.05, 4.69) is 26.1 Å². The zero-order valence-electron chi connectivity index (χ0n) is 13.0. The standard InChI is InChI=1S/C15H23ClN2O3/c1-5-15(2,3)18-8-10-6-11(16)14(12(7-10)20-4)21-9-13(17)19/h6-7,18H,5,8-9H2,1-4H3,(H2,17,19). The summed E-state index contributed by atoms with van der Waals surface area (Å²) < 4.78 is 10.6. The van der Waals surface area contributed by atoms with Crippen LogP contribution in [0.4, 0.5) is 0 Å². The summed E-state index contributed by atoms with van der Waals surface area (Å²) >= 11 is 6.20. The van der Waals surface area contributed by atoms with Gasteiger partial charge in [-0.05, 0) is 38.0 Å². The number of benzene rings is 1. The minimum atomic E-state index is -0.566. The molecule has 0 heterocycles. The lowest BCUT2D eigenvalue weighted by atomic mass is 10.0. The zero-order valence-corrected chi connectivity index (χ0v) is 13.7. The number of halogens is 1. The fourth-order valence-electron chi connectivity index (χ4n) is 1.63. The second-order valence-electron chi connectivity index (χ2n) is 5.46. The van der Waals surface area contributed by atoms with Crippen molar-refractivity contribution in [3.63, 3.8) is 0 Å². The highest BCUT2D eigenvalue weighted by Crippen LogP contribution is 2.36. The Balaban J connectivity index is 2.90. The molecule has 0 aliphatic rings. The van der Waals surface area contributed by atoms with Gasteiger partial charge in [0.05, 0.1) is 12.1 Å². The van der Waals surface area contributed by atoms with Crippen molar-refractivity contribution in [2.75, 3.05) is 13.7 Å². The quantitative estimate of drug-likeness (QED) is 0.773. The molecular weight excluding hydrogens is 292 g/mol. The molecular formula is C15H23ClN2O3. The summed E-state index contributed by atoms with van der Waals surface area (Å²) in [4.78, 5) is 10.8. The largest absolute Gasteiger partial charge is 0.493 e. The number of carbonyl (C=O) groups is 1. The number of nitrogens with two attached hydrogens (primary N) is 1. The van der Waals surface area contributed by atoms with Gasteiger partial charge >= 0.3 is 0 Å². The van der Waals surface area contributed by atoms with Gasteiger partial charge in [0, 0.05) is 12.1 Å². The molecule has 1 aromatic rings. The van der Waals surface area contributed by atoms with Crippen molar-refractivity contribution in [2.24, 2.45) is 5.73 Å². The number of nitrogens with one attached hydrogen (secondary N) is 1. The van der Waals surface area contributed by atoms with Gasteiger partial charge in [0.1, 0.15) is 0 Å². The highest BCUT2D eigenvalue weighted by atomic mass is 35.5. The van der Waals surface area contributed by atoms with Crippen LogP contribution in [0.5, 0.6) is 11.5 Å². The Morgan fingerprint density at radius 1 is 1.43 bits per heavy atom. The predicted molar refractivity (Wildman–Crippen MR) is 83.9 cm³/mol. The molecule has 3 N–H and O–H groups in total. The molecule has 0 bridgehead atoms. The molecule has 0 saturated carbocycles. The molecule has 1 rings (SSSR count). The monoisotopic (exact) mass is 314 g/mol. The zero-order chi connectivity index (χ0) is 16.0. The van der Waals surface area contributed by atoms with Crippen LogP contribution < -0.4 is 20.5 Å². The number of primary amides is 1. The number of carbonyl (C=O) groups excluding carboxylic acids is 1. The Morgan fingerprint density at radius 3 is 2.62 bits per heavy atom. The van der Waals surface area contributed by atoms with E-state index in [-0.39, 0.29) is 12.1 Å². The minimum absolute atomic E-state index is 0.0425. The molecule has 0 fully saturated rings. The number of hydrogen-bond donors (Lipinski definition) is 2. The van der Waals surface area contributed by atoms with Gasteiger partial charge in [0.2, 0.25) is 0 Å². The molecule has 0 radical (unpaired) electrons. The molecule has 0 unspecified atom stereocenters. The van der Waals surface area contributed by atoms with Crippen LogP contribution in [0.1, 0.15) is 32.8 Å². The normalized spacial score (nSPS) is 11.3. The SMILES string of the molecule is CCC(C)(C)NCc1cc(Cl)c(OCC(N)=O)c(OC)c1. The third-order valence-corrected chi connectivity index (χ3v) is 3.58. The highest BCUT2D eigenvalue weighted by molar-refractivity contribution is 6.32. The summed E-state index contributed by atoms with van der Waals surface area (Å²) in [5.41, 5.74) is 6.08. The highest BCUT2D eigenvalue weighted by Gasteiger charge is 2.16. The van der Waals surface area contributed by atoms with E-state index in [0.29, 0.717) is 23.1 Å². The molecule has 0 aliphatic carbocycles. The van der Waals surface area contributed by atoms with E-state index in [1.165, 1.54) is 7.11 Å². The van der Waals surface area contributed by atoms with Gasteiger partial charge in [-0.15, -0.1) is 0 Å². The molecule has 1 aromatic carbocycles. The van der Waals surface area contributed by atoms with E-state index in [0.717, 1.165) is 12.0 Å². The lowest BCUT2D eigenvalue weighted by Crippen LogP contribution is -2.37. The average Bonchev–Trinajstić information content (AvgIpc) is 2.43. The first-order chi connectivity index (χ1) is 9.79. The van der Waals surface area contributed by atoms with Crippen LogP contribution in [0.2, 0.25) is 5.02 Å². The number of amides is 1. The van der Waals surface area contributed by atoms with Crippen LogP contribution in [-0.2, 0) is 11.3 Å². The van der Waals surface area contributed by atoms with Crippen LogP contribution in [0.15, 0.2) is 12.1 Å². The van der Waals surface area contributed by atoms with Gasteiger partial charge in [-0.2, -0.15) is 0 Å². The van der Waals surface area contributed by atoms with Crippen LogP contribution in [0.25, 0.3) is 0 Å². The molecule has 118 valence electrons. The van der Waals surface area contributed by atoms with E-state index in [9.17, 15) is 4.79 Å². The number of ether oxygens (including phenoxy) is 2. The molecule has 21 heavy (non-hydrogen) atoms. The first kappa shape index (κ1) is 17.6. The molecule has 0 aromatic heterocycles. The molecule has 0 aliphatic heterocycles.